The molecule has 0 spiro atoms. The number of esters is 1. The molecule has 0 unspecified atom stereocenters. The zero-order chi connectivity index (χ0) is 28.6. The Labute approximate surface area is 240 Å². The summed E-state index contributed by atoms with van der Waals surface area (Å²) in [5.41, 5.74) is 3.60. The monoisotopic (exact) mass is 549 g/mol. The number of hydrogen-bond acceptors (Lipinski definition) is 5. The van der Waals surface area contributed by atoms with E-state index in [1.807, 2.05) is 72.8 Å². The van der Waals surface area contributed by atoms with Crippen LogP contribution in [0, 0.1) is 0 Å². The topological polar surface area (TPSA) is 66.8 Å². The SMILES string of the molecule is CCCc1c(OCCCn2ccc3ccc(OCC(=O)OCC)cc32)ccc2cc(C(=O)c3ccccc3)ccc12. The highest BCUT2D eigenvalue weighted by molar-refractivity contribution is 6.10. The van der Waals surface area contributed by atoms with Crippen molar-refractivity contribution in [1.29, 1.82) is 0 Å². The van der Waals surface area contributed by atoms with Gasteiger partial charge in [-0.1, -0.05) is 61.9 Å². The summed E-state index contributed by atoms with van der Waals surface area (Å²) < 4.78 is 19.0. The molecule has 0 aliphatic carbocycles. The molecular weight excluding hydrogens is 514 g/mol. The summed E-state index contributed by atoms with van der Waals surface area (Å²) in [5.74, 6) is 1.18. The minimum absolute atomic E-state index is 0.0279. The van der Waals surface area contributed by atoms with E-state index in [0.717, 1.165) is 53.2 Å². The number of ketones is 1. The molecule has 1 aromatic heterocycles. The van der Waals surface area contributed by atoms with Crippen LogP contribution in [0.2, 0.25) is 0 Å². The second kappa shape index (κ2) is 13.2. The smallest absolute Gasteiger partial charge is 0.344 e. The fraction of sp³-hybridized carbons (Fsp3) is 0.257. The molecule has 5 rings (SSSR count). The highest BCUT2D eigenvalue weighted by Crippen LogP contribution is 2.31. The number of benzene rings is 4. The van der Waals surface area contributed by atoms with Crippen LogP contribution in [0.1, 0.15) is 48.2 Å². The summed E-state index contributed by atoms with van der Waals surface area (Å²) in [7, 11) is 0. The first-order valence-electron chi connectivity index (χ1n) is 14.2. The Kier molecular flexibility index (Phi) is 8.99. The molecule has 0 bridgehead atoms. The van der Waals surface area contributed by atoms with Crippen LogP contribution in [0.5, 0.6) is 11.5 Å². The molecule has 0 radical (unpaired) electrons. The van der Waals surface area contributed by atoms with E-state index in [4.69, 9.17) is 14.2 Å². The number of hydrogen-bond donors (Lipinski definition) is 0. The van der Waals surface area contributed by atoms with Gasteiger partial charge < -0.3 is 18.8 Å². The molecule has 1 heterocycles. The van der Waals surface area contributed by atoms with Gasteiger partial charge in [0.05, 0.1) is 18.7 Å². The zero-order valence-corrected chi connectivity index (χ0v) is 23.6. The van der Waals surface area contributed by atoms with Crippen molar-refractivity contribution in [2.75, 3.05) is 19.8 Å². The van der Waals surface area contributed by atoms with E-state index in [-0.39, 0.29) is 18.4 Å². The third-order valence-corrected chi connectivity index (χ3v) is 7.09. The first-order chi connectivity index (χ1) is 20.1. The molecule has 210 valence electrons. The average molecular weight is 550 g/mol. The van der Waals surface area contributed by atoms with Gasteiger partial charge in [-0.25, -0.2) is 4.79 Å². The Morgan fingerprint density at radius 3 is 2.44 bits per heavy atom. The molecule has 4 aromatic carbocycles. The molecule has 0 atom stereocenters. The number of fused-ring (bicyclic) bond motifs is 2. The molecule has 5 aromatic rings. The summed E-state index contributed by atoms with van der Waals surface area (Å²) in [6.45, 7) is 5.53. The normalized spacial score (nSPS) is 11.1. The van der Waals surface area contributed by atoms with Crippen LogP contribution in [0.3, 0.4) is 0 Å². The molecule has 0 amide bonds. The third kappa shape index (κ3) is 6.60. The van der Waals surface area contributed by atoms with E-state index in [1.165, 1.54) is 5.56 Å². The largest absolute Gasteiger partial charge is 0.493 e. The van der Waals surface area contributed by atoms with Crippen molar-refractivity contribution < 1.29 is 23.8 Å². The Bertz CT molecular complexity index is 1650. The molecule has 0 N–H and O–H groups in total. The van der Waals surface area contributed by atoms with Crippen molar-refractivity contribution in [3.8, 4) is 11.5 Å². The van der Waals surface area contributed by atoms with E-state index in [0.29, 0.717) is 30.1 Å². The quantitative estimate of drug-likeness (QED) is 0.0870. The summed E-state index contributed by atoms with van der Waals surface area (Å²) >= 11 is 0. The summed E-state index contributed by atoms with van der Waals surface area (Å²) in [5, 5.41) is 3.28. The van der Waals surface area contributed by atoms with Gasteiger partial charge in [-0.15, -0.1) is 0 Å². The third-order valence-electron chi connectivity index (χ3n) is 7.09. The Morgan fingerprint density at radius 1 is 0.805 bits per heavy atom. The lowest BCUT2D eigenvalue weighted by molar-refractivity contribution is -0.145. The van der Waals surface area contributed by atoms with Crippen LogP contribution < -0.4 is 9.47 Å². The van der Waals surface area contributed by atoms with Gasteiger partial charge in [0.1, 0.15) is 11.5 Å². The molecule has 0 saturated heterocycles. The lowest BCUT2D eigenvalue weighted by Crippen LogP contribution is -2.14. The molecule has 6 nitrogen and oxygen atoms in total. The number of nitrogens with zero attached hydrogens (tertiary/aromatic N) is 1. The highest BCUT2D eigenvalue weighted by Gasteiger charge is 2.13. The Morgan fingerprint density at radius 2 is 1.63 bits per heavy atom. The van der Waals surface area contributed by atoms with Gasteiger partial charge in [-0.3, -0.25) is 4.79 Å². The van der Waals surface area contributed by atoms with Crippen LogP contribution in [0.25, 0.3) is 21.7 Å². The molecule has 0 aliphatic heterocycles. The van der Waals surface area contributed by atoms with Crippen LogP contribution in [0.15, 0.2) is 91.1 Å². The number of aromatic nitrogens is 1. The van der Waals surface area contributed by atoms with E-state index in [1.54, 1.807) is 6.92 Å². The molecule has 0 fully saturated rings. The second-order valence-electron chi connectivity index (χ2n) is 9.95. The molecular formula is C35H35NO5. The predicted octanol–water partition coefficient (Wildman–Crippen LogP) is 7.39. The van der Waals surface area contributed by atoms with Gasteiger partial charge in [-0.05, 0) is 66.3 Å². The van der Waals surface area contributed by atoms with Crippen molar-refractivity contribution in [3.63, 3.8) is 0 Å². The fourth-order valence-electron chi connectivity index (χ4n) is 5.13. The van der Waals surface area contributed by atoms with Gasteiger partial charge in [-0.2, -0.15) is 0 Å². The predicted molar refractivity (Wildman–Crippen MR) is 162 cm³/mol. The van der Waals surface area contributed by atoms with Gasteiger partial charge in [0.25, 0.3) is 0 Å². The van der Waals surface area contributed by atoms with Gasteiger partial charge in [0.15, 0.2) is 12.4 Å². The lowest BCUT2D eigenvalue weighted by Gasteiger charge is -2.15. The van der Waals surface area contributed by atoms with Crippen molar-refractivity contribution >= 4 is 33.4 Å². The summed E-state index contributed by atoms with van der Waals surface area (Å²) in [6, 6.07) is 27.3. The number of ether oxygens (including phenoxy) is 3. The Hall–Kier alpha value is -4.58. The van der Waals surface area contributed by atoms with Crippen molar-refractivity contribution in [2.24, 2.45) is 0 Å². The van der Waals surface area contributed by atoms with Crippen LogP contribution in [-0.2, 0) is 22.5 Å². The standard InChI is InChI=1S/C35H35NO5/c1-3-9-31-30-16-13-28(35(38)26-10-6-5-7-11-26)22-27(30)14-17-33(31)40-21-8-19-36-20-18-25-12-15-29(23-32(25)36)41-24-34(37)39-4-2/h5-7,10-18,20,22-23H,3-4,8-9,19,21,24H2,1-2H3. The van der Waals surface area contributed by atoms with Gasteiger partial charge >= 0.3 is 5.97 Å². The van der Waals surface area contributed by atoms with E-state index in [2.05, 4.69) is 29.8 Å². The number of rotatable bonds is 13. The fourth-order valence-corrected chi connectivity index (χ4v) is 5.13. The second-order valence-corrected chi connectivity index (χ2v) is 9.95. The highest BCUT2D eigenvalue weighted by atomic mass is 16.6. The minimum Gasteiger partial charge on any atom is -0.493 e. The average Bonchev–Trinajstić information content (AvgIpc) is 3.41. The van der Waals surface area contributed by atoms with E-state index >= 15 is 0 Å². The minimum atomic E-state index is -0.377. The van der Waals surface area contributed by atoms with Crippen LogP contribution in [-0.4, -0.2) is 36.1 Å². The van der Waals surface area contributed by atoms with Crippen molar-refractivity contribution in [2.45, 2.75) is 39.7 Å². The van der Waals surface area contributed by atoms with Crippen molar-refractivity contribution in [3.05, 3.63) is 108 Å². The number of carbonyl (C=O) groups excluding carboxylic acids is 2. The molecule has 0 aliphatic rings. The lowest BCUT2D eigenvalue weighted by atomic mass is 9.95. The maximum Gasteiger partial charge on any atom is 0.344 e. The maximum absolute atomic E-state index is 13.0. The number of aryl methyl sites for hydroxylation is 2. The zero-order valence-electron chi connectivity index (χ0n) is 23.6. The Balaban J connectivity index is 1.25. The molecule has 41 heavy (non-hydrogen) atoms. The summed E-state index contributed by atoms with van der Waals surface area (Å²) in [6.07, 6.45) is 4.78. The molecule has 6 heteroatoms. The molecule has 0 saturated carbocycles. The van der Waals surface area contributed by atoms with Crippen LogP contribution >= 0.6 is 0 Å². The van der Waals surface area contributed by atoms with Crippen LogP contribution in [0.4, 0.5) is 0 Å². The van der Waals surface area contributed by atoms with Gasteiger partial charge in [0, 0.05) is 35.5 Å². The summed E-state index contributed by atoms with van der Waals surface area (Å²) in [4.78, 5) is 24.6. The van der Waals surface area contributed by atoms with Crippen molar-refractivity contribution in [1.82, 2.24) is 4.57 Å². The first kappa shape index (κ1) is 28.0. The number of carbonyl (C=O) groups is 2. The van der Waals surface area contributed by atoms with E-state index in [9.17, 15) is 9.59 Å². The van der Waals surface area contributed by atoms with Gasteiger partial charge in [0.2, 0.25) is 0 Å². The van der Waals surface area contributed by atoms with E-state index < -0.39 is 0 Å². The maximum atomic E-state index is 13.0. The first-order valence-corrected chi connectivity index (χ1v) is 14.2.